The van der Waals surface area contributed by atoms with Crippen LogP contribution in [0.25, 0.3) is 0 Å². The molecule has 6 nitrogen and oxygen atoms in total. The van der Waals surface area contributed by atoms with Crippen LogP contribution in [0.4, 0.5) is 0 Å². The van der Waals surface area contributed by atoms with Crippen molar-refractivity contribution >= 4 is 15.9 Å². The van der Waals surface area contributed by atoms with Gasteiger partial charge >= 0.3 is 0 Å². The standard InChI is InChI=1S/C19H20N2O4S/c1-2-13-21-26(23,24)18-11-9-16(10-12-18)19(22)20-14-6-15-25-17-7-4-3-5-8-17/h1,3-5,7-12,21H,6,13-15H2,(H,20,22). The second-order valence-corrected chi connectivity index (χ2v) is 7.09. The van der Waals surface area contributed by atoms with Crippen molar-refractivity contribution in [3.8, 4) is 18.1 Å². The quantitative estimate of drug-likeness (QED) is 0.519. The van der Waals surface area contributed by atoms with Crippen molar-refractivity contribution in [3.05, 3.63) is 60.2 Å². The third-order valence-corrected chi connectivity index (χ3v) is 4.83. The Morgan fingerprint density at radius 1 is 1.08 bits per heavy atom. The van der Waals surface area contributed by atoms with E-state index >= 15 is 0 Å². The molecule has 2 N–H and O–H groups in total. The molecule has 0 radical (unpaired) electrons. The van der Waals surface area contributed by atoms with Gasteiger partial charge in [-0.3, -0.25) is 4.79 Å². The highest BCUT2D eigenvalue weighted by molar-refractivity contribution is 7.89. The Morgan fingerprint density at radius 3 is 2.42 bits per heavy atom. The molecule has 7 heteroatoms. The summed E-state index contributed by atoms with van der Waals surface area (Å²) in [5.74, 6) is 2.72. The Labute approximate surface area is 153 Å². The van der Waals surface area contributed by atoms with Gasteiger partial charge in [0.25, 0.3) is 5.91 Å². The monoisotopic (exact) mass is 372 g/mol. The third-order valence-electron chi connectivity index (χ3n) is 3.41. The van der Waals surface area contributed by atoms with Crippen LogP contribution in [0, 0.1) is 12.3 Å². The summed E-state index contributed by atoms with van der Waals surface area (Å²) in [5, 5.41) is 2.77. The summed E-state index contributed by atoms with van der Waals surface area (Å²) in [4.78, 5) is 12.1. The largest absolute Gasteiger partial charge is 0.494 e. The number of benzene rings is 2. The molecule has 0 atom stereocenters. The van der Waals surface area contributed by atoms with Crippen LogP contribution in [0.2, 0.25) is 0 Å². The number of para-hydroxylation sites is 1. The van der Waals surface area contributed by atoms with Crippen LogP contribution in [0.5, 0.6) is 5.75 Å². The van der Waals surface area contributed by atoms with Crippen molar-refractivity contribution in [2.75, 3.05) is 19.7 Å². The number of carbonyl (C=O) groups excluding carboxylic acids is 1. The first-order chi connectivity index (χ1) is 12.5. The van der Waals surface area contributed by atoms with Gasteiger partial charge in [0.05, 0.1) is 18.0 Å². The lowest BCUT2D eigenvalue weighted by Gasteiger charge is -2.08. The maximum absolute atomic E-state index is 12.1. The van der Waals surface area contributed by atoms with Crippen LogP contribution in [-0.2, 0) is 10.0 Å². The molecule has 0 heterocycles. The number of hydrogen-bond donors (Lipinski definition) is 2. The summed E-state index contributed by atoms with van der Waals surface area (Å²) >= 11 is 0. The molecular formula is C19H20N2O4S. The predicted molar refractivity (Wildman–Crippen MR) is 99.4 cm³/mol. The first-order valence-corrected chi connectivity index (χ1v) is 9.50. The molecule has 1 amide bonds. The van der Waals surface area contributed by atoms with E-state index in [4.69, 9.17) is 11.2 Å². The van der Waals surface area contributed by atoms with Crippen molar-refractivity contribution in [2.45, 2.75) is 11.3 Å². The lowest BCUT2D eigenvalue weighted by Crippen LogP contribution is -2.26. The van der Waals surface area contributed by atoms with E-state index in [1.807, 2.05) is 30.3 Å². The minimum atomic E-state index is -3.66. The molecule has 0 aliphatic carbocycles. The van der Waals surface area contributed by atoms with E-state index in [0.717, 1.165) is 5.75 Å². The number of rotatable bonds is 9. The van der Waals surface area contributed by atoms with Crippen molar-refractivity contribution in [1.82, 2.24) is 10.0 Å². The zero-order chi connectivity index (χ0) is 18.8. The highest BCUT2D eigenvalue weighted by atomic mass is 32.2. The molecule has 2 aromatic carbocycles. The molecular weight excluding hydrogens is 352 g/mol. The van der Waals surface area contributed by atoms with Gasteiger partial charge in [-0.25, -0.2) is 8.42 Å². The first-order valence-electron chi connectivity index (χ1n) is 8.02. The van der Waals surface area contributed by atoms with Crippen molar-refractivity contribution in [1.29, 1.82) is 0 Å². The van der Waals surface area contributed by atoms with Gasteiger partial charge in [-0.15, -0.1) is 6.42 Å². The molecule has 0 aliphatic heterocycles. The van der Waals surface area contributed by atoms with Gasteiger partial charge in [0.1, 0.15) is 5.75 Å². The van der Waals surface area contributed by atoms with Gasteiger partial charge in [-0.05, 0) is 42.8 Å². The number of amides is 1. The molecule has 136 valence electrons. The minimum Gasteiger partial charge on any atom is -0.494 e. The average molecular weight is 372 g/mol. The predicted octanol–water partition coefficient (Wildman–Crippen LogP) is 1.80. The lowest BCUT2D eigenvalue weighted by molar-refractivity contribution is 0.0951. The fraction of sp³-hybridized carbons (Fsp3) is 0.211. The molecule has 0 fully saturated rings. The van der Waals surface area contributed by atoms with E-state index in [1.54, 1.807) is 0 Å². The number of carbonyl (C=O) groups is 1. The second-order valence-electron chi connectivity index (χ2n) is 5.32. The normalized spacial score (nSPS) is 10.7. The summed E-state index contributed by atoms with van der Waals surface area (Å²) in [7, 11) is -3.66. The zero-order valence-electron chi connectivity index (χ0n) is 14.1. The van der Waals surface area contributed by atoms with E-state index in [1.165, 1.54) is 24.3 Å². The summed E-state index contributed by atoms with van der Waals surface area (Å²) < 4.78 is 31.6. The smallest absolute Gasteiger partial charge is 0.251 e. The molecule has 0 spiro atoms. The van der Waals surface area contributed by atoms with Gasteiger partial charge in [-0.2, -0.15) is 4.72 Å². The summed E-state index contributed by atoms with van der Waals surface area (Å²) in [6.45, 7) is 0.855. The molecule has 2 aromatic rings. The Kier molecular flexibility index (Phi) is 7.21. The summed E-state index contributed by atoms with van der Waals surface area (Å²) in [5.41, 5.74) is 0.380. The number of hydrogen-bond acceptors (Lipinski definition) is 4. The van der Waals surface area contributed by atoms with E-state index in [-0.39, 0.29) is 17.3 Å². The van der Waals surface area contributed by atoms with Gasteiger partial charge in [-0.1, -0.05) is 24.1 Å². The molecule has 0 unspecified atom stereocenters. The lowest BCUT2D eigenvalue weighted by atomic mass is 10.2. The Hall–Kier alpha value is -2.82. The van der Waals surface area contributed by atoms with E-state index in [9.17, 15) is 13.2 Å². The van der Waals surface area contributed by atoms with Crippen LogP contribution < -0.4 is 14.8 Å². The third kappa shape index (κ3) is 5.92. The number of ether oxygens (including phenoxy) is 1. The topological polar surface area (TPSA) is 84.5 Å². The molecule has 26 heavy (non-hydrogen) atoms. The second kappa shape index (κ2) is 9.61. The average Bonchev–Trinajstić information content (AvgIpc) is 2.67. The molecule has 2 rings (SSSR count). The highest BCUT2D eigenvalue weighted by Crippen LogP contribution is 2.11. The Balaban J connectivity index is 1.78. The molecule has 0 aromatic heterocycles. The summed E-state index contributed by atoms with van der Waals surface area (Å²) in [6.07, 6.45) is 5.70. The van der Waals surface area contributed by atoms with E-state index in [2.05, 4.69) is 16.0 Å². The Morgan fingerprint density at radius 2 is 1.77 bits per heavy atom. The highest BCUT2D eigenvalue weighted by Gasteiger charge is 2.13. The van der Waals surface area contributed by atoms with Crippen LogP contribution in [0.3, 0.4) is 0 Å². The van der Waals surface area contributed by atoms with Crippen LogP contribution in [-0.4, -0.2) is 34.0 Å². The number of sulfonamides is 1. The number of terminal acetylenes is 1. The summed E-state index contributed by atoms with van der Waals surface area (Å²) in [6, 6.07) is 15.1. The van der Waals surface area contributed by atoms with E-state index < -0.39 is 10.0 Å². The van der Waals surface area contributed by atoms with Crippen molar-refractivity contribution in [2.24, 2.45) is 0 Å². The maximum atomic E-state index is 12.1. The van der Waals surface area contributed by atoms with Crippen molar-refractivity contribution in [3.63, 3.8) is 0 Å². The molecule has 0 saturated heterocycles. The van der Waals surface area contributed by atoms with Crippen LogP contribution in [0.1, 0.15) is 16.8 Å². The SMILES string of the molecule is C#CCNS(=O)(=O)c1ccc(C(=O)NCCCOc2ccccc2)cc1. The van der Waals surface area contributed by atoms with E-state index in [0.29, 0.717) is 25.1 Å². The molecule has 0 saturated carbocycles. The number of nitrogens with one attached hydrogen (secondary N) is 2. The Bertz CT molecular complexity index is 857. The fourth-order valence-corrected chi connectivity index (χ4v) is 3.02. The fourth-order valence-electron chi connectivity index (χ4n) is 2.09. The zero-order valence-corrected chi connectivity index (χ0v) is 15.0. The first kappa shape index (κ1) is 19.5. The van der Waals surface area contributed by atoms with Crippen LogP contribution >= 0.6 is 0 Å². The maximum Gasteiger partial charge on any atom is 0.251 e. The van der Waals surface area contributed by atoms with Gasteiger partial charge in [0, 0.05) is 12.1 Å². The molecule has 0 aliphatic rings. The van der Waals surface area contributed by atoms with Crippen LogP contribution in [0.15, 0.2) is 59.5 Å². The van der Waals surface area contributed by atoms with Gasteiger partial charge < -0.3 is 10.1 Å². The van der Waals surface area contributed by atoms with Gasteiger partial charge in [0.2, 0.25) is 10.0 Å². The molecule has 0 bridgehead atoms. The van der Waals surface area contributed by atoms with Crippen molar-refractivity contribution < 1.29 is 17.9 Å². The van der Waals surface area contributed by atoms with Gasteiger partial charge in [0.15, 0.2) is 0 Å². The minimum absolute atomic E-state index is 0.0561.